The number of hydrogen-bond donors (Lipinski definition) is 1. The molecule has 0 fully saturated rings. The zero-order chi connectivity index (χ0) is 15.9. The van der Waals surface area contributed by atoms with Crippen molar-refractivity contribution in [2.24, 2.45) is 5.73 Å². The Morgan fingerprint density at radius 2 is 1.81 bits per heavy atom. The van der Waals surface area contributed by atoms with E-state index in [1.165, 1.54) is 5.56 Å². The minimum absolute atomic E-state index is 0.0426. The molecule has 118 valence electrons. The van der Waals surface area contributed by atoms with Crippen LogP contribution in [-0.2, 0) is 10.2 Å². The summed E-state index contributed by atoms with van der Waals surface area (Å²) in [6.07, 6.45) is 0.801. The summed E-state index contributed by atoms with van der Waals surface area (Å²) in [5.74, 6) is 0.0426. The third-order valence-electron chi connectivity index (χ3n) is 3.48. The molecule has 4 heteroatoms. The van der Waals surface area contributed by atoms with Crippen LogP contribution in [0.25, 0.3) is 0 Å². The standard InChI is InChI=1S/C17H28N2O2/c1-17(2,3)15-8-6-14(7-9-15)16(20)19(11-5-10-18)12-13-21-4/h6-9H,5,10-13,18H2,1-4H3. The second kappa shape index (κ2) is 8.15. The number of amides is 1. The van der Waals surface area contributed by atoms with Crippen LogP contribution in [0.5, 0.6) is 0 Å². The molecule has 1 aromatic carbocycles. The van der Waals surface area contributed by atoms with Crippen LogP contribution in [0.3, 0.4) is 0 Å². The molecule has 1 aromatic rings. The fraction of sp³-hybridized carbons (Fsp3) is 0.588. The van der Waals surface area contributed by atoms with Crippen LogP contribution in [0.2, 0.25) is 0 Å². The van der Waals surface area contributed by atoms with E-state index in [1.54, 1.807) is 7.11 Å². The SMILES string of the molecule is COCCN(CCCN)C(=O)c1ccc(C(C)(C)C)cc1. The Hall–Kier alpha value is -1.39. The third kappa shape index (κ3) is 5.48. The summed E-state index contributed by atoms with van der Waals surface area (Å²) in [6, 6.07) is 7.88. The predicted octanol–water partition coefficient (Wildman–Crippen LogP) is 2.42. The highest BCUT2D eigenvalue weighted by Crippen LogP contribution is 2.22. The van der Waals surface area contributed by atoms with Gasteiger partial charge in [-0.1, -0.05) is 32.9 Å². The van der Waals surface area contributed by atoms with Crippen molar-refractivity contribution in [1.82, 2.24) is 4.90 Å². The van der Waals surface area contributed by atoms with Gasteiger partial charge in [0.25, 0.3) is 5.91 Å². The molecule has 0 aliphatic carbocycles. The fourth-order valence-electron chi connectivity index (χ4n) is 2.09. The molecule has 4 nitrogen and oxygen atoms in total. The van der Waals surface area contributed by atoms with Gasteiger partial charge in [0, 0.05) is 25.8 Å². The average Bonchev–Trinajstić information content (AvgIpc) is 2.46. The van der Waals surface area contributed by atoms with Gasteiger partial charge in [0.15, 0.2) is 0 Å². The lowest BCUT2D eigenvalue weighted by Crippen LogP contribution is -2.35. The van der Waals surface area contributed by atoms with Crippen LogP contribution in [0, 0.1) is 0 Å². The number of hydrogen-bond acceptors (Lipinski definition) is 3. The molecule has 0 unspecified atom stereocenters. The van der Waals surface area contributed by atoms with E-state index in [0.717, 1.165) is 12.0 Å². The van der Waals surface area contributed by atoms with Gasteiger partial charge in [-0.25, -0.2) is 0 Å². The summed E-state index contributed by atoms with van der Waals surface area (Å²) < 4.78 is 5.08. The molecule has 1 rings (SSSR count). The number of ether oxygens (including phenoxy) is 1. The molecule has 0 bridgehead atoms. The second-order valence-corrected chi connectivity index (χ2v) is 6.25. The summed E-state index contributed by atoms with van der Waals surface area (Å²) in [4.78, 5) is 14.4. The summed E-state index contributed by atoms with van der Waals surface area (Å²) in [7, 11) is 1.64. The Balaban J connectivity index is 2.82. The number of carbonyl (C=O) groups is 1. The Morgan fingerprint density at radius 3 is 2.29 bits per heavy atom. The molecular formula is C17H28N2O2. The van der Waals surface area contributed by atoms with Gasteiger partial charge < -0.3 is 15.4 Å². The van der Waals surface area contributed by atoms with Gasteiger partial charge in [-0.3, -0.25) is 4.79 Å². The van der Waals surface area contributed by atoms with Crippen LogP contribution in [0.15, 0.2) is 24.3 Å². The van der Waals surface area contributed by atoms with Crippen molar-refractivity contribution in [2.75, 3.05) is 33.4 Å². The van der Waals surface area contributed by atoms with E-state index in [-0.39, 0.29) is 11.3 Å². The number of methoxy groups -OCH3 is 1. The maximum absolute atomic E-state index is 12.5. The third-order valence-corrected chi connectivity index (χ3v) is 3.48. The van der Waals surface area contributed by atoms with Gasteiger partial charge in [-0.15, -0.1) is 0 Å². The van der Waals surface area contributed by atoms with Gasteiger partial charge in [0.1, 0.15) is 0 Å². The van der Waals surface area contributed by atoms with Crippen molar-refractivity contribution in [1.29, 1.82) is 0 Å². The molecule has 1 amide bonds. The van der Waals surface area contributed by atoms with E-state index in [0.29, 0.717) is 26.2 Å². The van der Waals surface area contributed by atoms with E-state index >= 15 is 0 Å². The van der Waals surface area contributed by atoms with Crippen LogP contribution in [-0.4, -0.2) is 44.2 Å². The maximum Gasteiger partial charge on any atom is 0.253 e. The molecule has 0 aliphatic heterocycles. The fourth-order valence-corrected chi connectivity index (χ4v) is 2.09. The van der Waals surface area contributed by atoms with Gasteiger partial charge in [-0.05, 0) is 36.1 Å². The number of rotatable bonds is 7. The molecule has 0 aliphatic rings. The molecule has 0 aromatic heterocycles. The lowest BCUT2D eigenvalue weighted by molar-refractivity contribution is 0.0694. The number of carbonyl (C=O) groups excluding carboxylic acids is 1. The van der Waals surface area contributed by atoms with Gasteiger partial charge in [0.05, 0.1) is 6.61 Å². The monoisotopic (exact) mass is 292 g/mol. The van der Waals surface area contributed by atoms with Crippen molar-refractivity contribution in [3.8, 4) is 0 Å². The number of nitrogens with two attached hydrogens (primary N) is 1. The highest BCUT2D eigenvalue weighted by Gasteiger charge is 2.17. The molecule has 0 saturated carbocycles. The minimum Gasteiger partial charge on any atom is -0.383 e. The van der Waals surface area contributed by atoms with Crippen molar-refractivity contribution in [3.05, 3.63) is 35.4 Å². The first kappa shape index (κ1) is 17.7. The highest BCUT2D eigenvalue weighted by atomic mass is 16.5. The normalized spacial score (nSPS) is 11.5. The van der Waals surface area contributed by atoms with Crippen molar-refractivity contribution in [2.45, 2.75) is 32.6 Å². The van der Waals surface area contributed by atoms with Crippen LogP contribution < -0.4 is 5.73 Å². The highest BCUT2D eigenvalue weighted by molar-refractivity contribution is 5.94. The second-order valence-electron chi connectivity index (χ2n) is 6.25. The molecule has 0 saturated heterocycles. The van der Waals surface area contributed by atoms with Crippen molar-refractivity contribution >= 4 is 5.91 Å². The summed E-state index contributed by atoms with van der Waals surface area (Å²) in [5.41, 5.74) is 7.58. The Bertz CT molecular complexity index is 427. The Kier molecular flexibility index (Phi) is 6.85. The zero-order valence-electron chi connectivity index (χ0n) is 13.7. The maximum atomic E-state index is 12.5. The first-order chi connectivity index (χ1) is 9.90. The van der Waals surface area contributed by atoms with Gasteiger partial charge in [0.2, 0.25) is 0 Å². The Labute approximate surface area is 128 Å². The van der Waals surface area contributed by atoms with Crippen molar-refractivity contribution in [3.63, 3.8) is 0 Å². The van der Waals surface area contributed by atoms with Crippen LogP contribution in [0.1, 0.15) is 43.1 Å². The summed E-state index contributed by atoms with van der Waals surface area (Å²) in [6.45, 7) is 8.87. The van der Waals surface area contributed by atoms with Crippen molar-refractivity contribution < 1.29 is 9.53 Å². The van der Waals surface area contributed by atoms with Crippen LogP contribution >= 0.6 is 0 Å². The largest absolute Gasteiger partial charge is 0.383 e. The molecule has 0 atom stereocenters. The van der Waals surface area contributed by atoms with Gasteiger partial charge in [-0.2, -0.15) is 0 Å². The lowest BCUT2D eigenvalue weighted by atomic mass is 9.86. The van der Waals surface area contributed by atoms with E-state index in [1.807, 2.05) is 29.2 Å². The molecule has 2 N–H and O–H groups in total. The minimum atomic E-state index is 0.0426. The average molecular weight is 292 g/mol. The molecule has 0 spiro atoms. The lowest BCUT2D eigenvalue weighted by Gasteiger charge is -2.23. The first-order valence-corrected chi connectivity index (χ1v) is 7.49. The topological polar surface area (TPSA) is 55.6 Å². The Morgan fingerprint density at radius 1 is 1.19 bits per heavy atom. The summed E-state index contributed by atoms with van der Waals surface area (Å²) in [5, 5.41) is 0. The first-order valence-electron chi connectivity index (χ1n) is 7.49. The molecule has 0 radical (unpaired) electrons. The molecular weight excluding hydrogens is 264 g/mol. The van der Waals surface area contributed by atoms with E-state index < -0.39 is 0 Å². The van der Waals surface area contributed by atoms with E-state index in [2.05, 4.69) is 20.8 Å². The van der Waals surface area contributed by atoms with Crippen LogP contribution in [0.4, 0.5) is 0 Å². The smallest absolute Gasteiger partial charge is 0.253 e. The predicted molar refractivity (Wildman–Crippen MR) is 86.6 cm³/mol. The van der Waals surface area contributed by atoms with E-state index in [4.69, 9.17) is 10.5 Å². The zero-order valence-corrected chi connectivity index (χ0v) is 13.7. The number of benzene rings is 1. The quantitative estimate of drug-likeness (QED) is 0.839. The van der Waals surface area contributed by atoms with Gasteiger partial charge >= 0.3 is 0 Å². The number of nitrogens with zero attached hydrogens (tertiary/aromatic N) is 1. The van der Waals surface area contributed by atoms with E-state index in [9.17, 15) is 4.79 Å². The molecule has 0 heterocycles. The molecule has 21 heavy (non-hydrogen) atoms. The summed E-state index contributed by atoms with van der Waals surface area (Å²) >= 11 is 0.